The second-order valence-electron chi connectivity index (χ2n) is 4.76. The summed E-state index contributed by atoms with van der Waals surface area (Å²) in [6.45, 7) is 6.47. The molecule has 1 rings (SSSR count). The van der Waals surface area contributed by atoms with Crippen LogP contribution in [0.3, 0.4) is 0 Å². The second-order valence-corrected chi connectivity index (χ2v) is 4.76. The number of amides is 2. The highest BCUT2D eigenvalue weighted by molar-refractivity contribution is 5.99. The molecular weight excluding hydrogens is 236 g/mol. The van der Waals surface area contributed by atoms with Crippen molar-refractivity contribution in [2.24, 2.45) is 5.92 Å². The molecule has 0 spiro atoms. The third-order valence-corrected chi connectivity index (χ3v) is 2.70. The molecule has 1 saturated heterocycles. The SMILES string of the molecule is CCN1CC(=O)N(COC(=O)CC(C)C)C(=O)C1. The van der Waals surface area contributed by atoms with Gasteiger partial charge in [-0.1, -0.05) is 20.8 Å². The van der Waals surface area contributed by atoms with E-state index in [1.54, 1.807) is 4.90 Å². The highest BCUT2D eigenvalue weighted by atomic mass is 16.5. The number of rotatable bonds is 5. The summed E-state index contributed by atoms with van der Waals surface area (Å²) >= 11 is 0. The highest BCUT2D eigenvalue weighted by Gasteiger charge is 2.30. The van der Waals surface area contributed by atoms with E-state index in [2.05, 4.69) is 0 Å². The summed E-state index contributed by atoms with van der Waals surface area (Å²) in [7, 11) is 0. The molecule has 0 radical (unpaired) electrons. The van der Waals surface area contributed by atoms with E-state index >= 15 is 0 Å². The fourth-order valence-corrected chi connectivity index (χ4v) is 1.64. The Morgan fingerprint density at radius 2 is 1.83 bits per heavy atom. The average molecular weight is 256 g/mol. The number of piperazine rings is 1. The minimum atomic E-state index is -0.386. The van der Waals surface area contributed by atoms with E-state index in [0.29, 0.717) is 6.54 Å². The van der Waals surface area contributed by atoms with Crippen molar-refractivity contribution in [1.82, 2.24) is 9.80 Å². The first-order valence-corrected chi connectivity index (χ1v) is 6.15. The van der Waals surface area contributed by atoms with Gasteiger partial charge in [-0.25, -0.2) is 4.90 Å². The van der Waals surface area contributed by atoms with Crippen molar-refractivity contribution in [3.63, 3.8) is 0 Å². The number of carbonyl (C=O) groups excluding carboxylic acids is 3. The smallest absolute Gasteiger partial charge is 0.307 e. The molecule has 0 atom stereocenters. The predicted molar refractivity (Wildman–Crippen MR) is 64.4 cm³/mol. The number of ether oxygens (including phenoxy) is 1. The number of hydrogen-bond acceptors (Lipinski definition) is 5. The van der Waals surface area contributed by atoms with Gasteiger partial charge in [-0.2, -0.15) is 0 Å². The summed E-state index contributed by atoms with van der Waals surface area (Å²) in [4.78, 5) is 37.5. The third kappa shape index (κ3) is 4.10. The van der Waals surface area contributed by atoms with Gasteiger partial charge in [0.25, 0.3) is 0 Å². The molecule has 6 heteroatoms. The molecule has 18 heavy (non-hydrogen) atoms. The first kappa shape index (κ1) is 14.6. The summed E-state index contributed by atoms with van der Waals surface area (Å²) in [5.41, 5.74) is 0. The zero-order valence-corrected chi connectivity index (χ0v) is 11.1. The largest absolute Gasteiger partial charge is 0.444 e. The Morgan fingerprint density at radius 3 is 2.28 bits per heavy atom. The lowest BCUT2D eigenvalue weighted by Gasteiger charge is -2.31. The molecule has 0 aliphatic carbocycles. The van der Waals surface area contributed by atoms with Crippen molar-refractivity contribution in [2.45, 2.75) is 27.2 Å². The summed E-state index contributed by atoms with van der Waals surface area (Å²) in [6, 6.07) is 0. The van der Waals surface area contributed by atoms with E-state index in [1.165, 1.54) is 0 Å². The van der Waals surface area contributed by atoms with Gasteiger partial charge in [0.1, 0.15) is 0 Å². The molecule has 2 amide bonds. The Balaban J connectivity index is 2.45. The van der Waals surface area contributed by atoms with Gasteiger partial charge < -0.3 is 4.74 Å². The third-order valence-electron chi connectivity index (χ3n) is 2.70. The molecule has 0 N–H and O–H groups in total. The first-order valence-electron chi connectivity index (χ1n) is 6.15. The van der Waals surface area contributed by atoms with Gasteiger partial charge in [0, 0.05) is 6.42 Å². The zero-order chi connectivity index (χ0) is 13.7. The van der Waals surface area contributed by atoms with Crippen LogP contribution in [0.2, 0.25) is 0 Å². The van der Waals surface area contributed by atoms with Crippen molar-refractivity contribution >= 4 is 17.8 Å². The Kier molecular flexibility index (Phi) is 5.27. The normalized spacial score (nSPS) is 17.4. The number of likely N-dealkylation sites (N-methyl/N-ethyl adjacent to an activating group) is 1. The highest BCUT2D eigenvalue weighted by Crippen LogP contribution is 2.06. The van der Waals surface area contributed by atoms with Crippen LogP contribution in [0.25, 0.3) is 0 Å². The van der Waals surface area contributed by atoms with Gasteiger partial charge in [0.15, 0.2) is 6.73 Å². The Labute approximate surface area is 107 Å². The van der Waals surface area contributed by atoms with Crippen molar-refractivity contribution in [2.75, 3.05) is 26.4 Å². The average Bonchev–Trinajstić information content (AvgIpc) is 2.26. The van der Waals surface area contributed by atoms with Crippen LogP contribution in [0.4, 0.5) is 0 Å². The fourth-order valence-electron chi connectivity index (χ4n) is 1.64. The van der Waals surface area contributed by atoms with E-state index in [-0.39, 0.29) is 49.9 Å². The predicted octanol–water partition coefficient (Wildman–Crippen LogP) is 0.224. The number of carbonyl (C=O) groups is 3. The second kappa shape index (κ2) is 6.49. The van der Waals surface area contributed by atoms with Crippen LogP contribution >= 0.6 is 0 Å². The molecule has 0 bridgehead atoms. The summed E-state index contributed by atoms with van der Waals surface area (Å²) in [6.07, 6.45) is 0.289. The molecule has 0 aromatic heterocycles. The lowest BCUT2D eigenvalue weighted by molar-refractivity contribution is -0.163. The molecule has 1 fully saturated rings. The van der Waals surface area contributed by atoms with Gasteiger partial charge in [0.05, 0.1) is 13.1 Å². The molecule has 1 aliphatic heterocycles. The molecule has 1 heterocycles. The van der Waals surface area contributed by atoms with Crippen LogP contribution in [0.15, 0.2) is 0 Å². The lowest BCUT2D eigenvalue weighted by atomic mass is 10.1. The monoisotopic (exact) mass is 256 g/mol. The Hall–Kier alpha value is -1.43. The number of esters is 1. The fraction of sp³-hybridized carbons (Fsp3) is 0.750. The van der Waals surface area contributed by atoms with Crippen LogP contribution in [0.1, 0.15) is 27.2 Å². The minimum Gasteiger partial charge on any atom is -0.444 e. The van der Waals surface area contributed by atoms with Gasteiger partial charge in [0.2, 0.25) is 11.8 Å². The molecule has 0 unspecified atom stereocenters. The van der Waals surface area contributed by atoms with E-state index in [0.717, 1.165) is 4.90 Å². The molecule has 0 aromatic rings. The van der Waals surface area contributed by atoms with Crippen LogP contribution in [-0.2, 0) is 19.1 Å². The van der Waals surface area contributed by atoms with Crippen LogP contribution < -0.4 is 0 Å². The lowest BCUT2D eigenvalue weighted by Crippen LogP contribution is -2.54. The zero-order valence-electron chi connectivity index (χ0n) is 11.1. The maximum atomic E-state index is 11.7. The quantitative estimate of drug-likeness (QED) is 0.520. The minimum absolute atomic E-state index is 0.195. The van der Waals surface area contributed by atoms with Crippen LogP contribution in [0.5, 0.6) is 0 Å². The van der Waals surface area contributed by atoms with E-state index in [4.69, 9.17) is 4.74 Å². The number of hydrogen-bond donors (Lipinski definition) is 0. The number of nitrogens with zero attached hydrogens (tertiary/aromatic N) is 2. The van der Waals surface area contributed by atoms with Gasteiger partial charge in [-0.3, -0.25) is 19.3 Å². The van der Waals surface area contributed by atoms with Gasteiger partial charge >= 0.3 is 5.97 Å². The molecule has 1 aliphatic rings. The maximum Gasteiger partial charge on any atom is 0.307 e. The standard InChI is InChI=1S/C12H20N2O4/c1-4-13-6-10(15)14(11(16)7-13)8-18-12(17)5-9(2)3/h9H,4-8H2,1-3H3. The molecule has 102 valence electrons. The Bertz CT molecular complexity index is 323. The Morgan fingerprint density at radius 1 is 1.28 bits per heavy atom. The first-order chi connectivity index (χ1) is 8.43. The number of imide groups is 1. The molecule has 0 saturated carbocycles. The molecular formula is C12H20N2O4. The van der Waals surface area contributed by atoms with Crippen LogP contribution in [0, 0.1) is 5.92 Å². The van der Waals surface area contributed by atoms with E-state index < -0.39 is 0 Å². The van der Waals surface area contributed by atoms with Crippen molar-refractivity contribution in [1.29, 1.82) is 0 Å². The maximum absolute atomic E-state index is 11.7. The van der Waals surface area contributed by atoms with Crippen LogP contribution in [-0.4, -0.2) is 53.9 Å². The van der Waals surface area contributed by atoms with Crippen molar-refractivity contribution < 1.29 is 19.1 Å². The summed E-state index contributed by atoms with van der Waals surface area (Å²) in [5, 5.41) is 0. The summed E-state index contributed by atoms with van der Waals surface area (Å²) in [5.74, 6) is -0.819. The van der Waals surface area contributed by atoms with Crippen molar-refractivity contribution in [3.8, 4) is 0 Å². The van der Waals surface area contributed by atoms with E-state index in [9.17, 15) is 14.4 Å². The molecule has 0 aromatic carbocycles. The van der Waals surface area contributed by atoms with Gasteiger partial charge in [-0.15, -0.1) is 0 Å². The van der Waals surface area contributed by atoms with Crippen molar-refractivity contribution in [3.05, 3.63) is 0 Å². The van der Waals surface area contributed by atoms with Gasteiger partial charge in [-0.05, 0) is 12.5 Å². The summed E-state index contributed by atoms with van der Waals surface area (Å²) < 4.78 is 4.93. The molecule has 6 nitrogen and oxygen atoms in total. The van der Waals surface area contributed by atoms with E-state index in [1.807, 2.05) is 20.8 Å². The topological polar surface area (TPSA) is 66.9 Å².